The van der Waals surface area contributed by atoms with Crippen LogP contribution in [-0.4, -0.2) is 32.3 Å². The quantitative estimate of drug-likeness (QED) is 0.484. The highest BCUT2D eigenvalue weighted by atomic mass is 32.1. The molecule has 0 unspecified atom stereocenters. The van der Waals surface area contributed by atoms with E-state index in [2.05, 4.69) is 69.0 Å². The molecule has 0 aliphatic heterocycles. The number of aromatic nitrogens is 4. The van der Waals surface area contributed by atoms with E-state index in [0.717, 1.165) is 34.5 Å². The number of aliphatic imine (C=N–C) groups is 1. The van der Waals surface area contributed by atoms with E-state index in [0.29, 0.717) is 19.0 Å². The molecule has 2 aromatic heterocycles. The maximum absolute atomic E-state index is 4.67. The highest BCUT2D eigenvalue weighted by molar-refractivity contribution is 7.09. The smallest absolute Gasteiger partial charge is 0.191 e. The van der Waals surface area contributed by atoms with Gasteiger partial charge in [-0.15, -0.1) is 11.3 Å². The molecule has 0 saturated carbocycles. The Morgan fingerprint density at radius 1 is 1.22 bits per heavy atom. The first-order valence-electron chi connectivity index (χ1n) is 9.06. The number of benzene rings is 1. The lowest BCUT2D eigenvalue weighted by atomic mass is 10.2. The summed E-state index contributed by atoms with van der Waals surface area (Å²) in [7, 11) is 0. The van der Waals surface area contributed by atoms with Gasteiger partial charge in [-0.1, -0.05) is 26.0 Å². The van der Waals surface area contributed by atoms with Crippen molar-refractivity contribution in [3.63, 3.8) is 0 Å². The van der Waals surface area contributed by atoms with Gasteiger partial charge < -0.3 is 10.6 Å². The Kier molecular flexibility index (Phi) is 6.54. The molecule has 0 bridgehead atoms. The minimum Gasteiger partial charge on any atom is -0.357 e. The van der Waals surface area contributed by atoms with Gasteiger partial charge in [0, 0.05) is 11.9 Å². The molecule has 0 radical (unpaired) electrons. The zero-order valence-electron chi connectivity index (χ0n) is 15.9. The average Bonchev–Trinajstić information content (AvgIpc) is 3.36. The van der Waals surface area contributed by atoms with Crippen molar-refractivity contribution in [1.82, 2.24) is 30.4 Å². The molecule has 0 spiro atoms. The van der Waals surface area contributed by atoms with Crippen LogP contribution in [-0.2, 0) is 13.1 Å². The first-order valence-corrected chi connectivity index (χ1v) is 9.94. The number of guanidine groups is 1. The third-order valence-corrected chi connectivity index (χ3v) is 4.82. The van der Waals surface area contributed by atoms with Gasteiger partial charge in [0.2, 0.25) is 0 Å². The van der Waals surface area contributed by atoms with Crippen molar-refractivity contribution in [2.45, 2.75) is 39.8 Å². The normalized spacial score (nSPS) is 11.8. The van der Waals surface area contributed by atoms with Crippen molar-refractivity contribution in [2.24, 2.45) is 4.99 Å². The molecule has 7 nitrogen and oxygen atoms in total. The second-order valence-electron chi connectivity index (χ2n) is 6.38. The molecule has 2 heterocycles. The van der Waals surface area contributed by atoms with Crippen LogP contribution in [0.15, 0.2) is 47.3 Å². The molecule has 0 fully saturated rings. The number of nitrogens with zero attached hydrogens (tertiary/aromatic N) is 5. The fraction of sp³-hybridized carbons (Fsp3) is 0.368. The molecular formula is C19H25N7S. The molecule has 3 rings (SSSR count). The molecule has 8 heteroatoms. The minimum atomic E-state index is 0.456. The van der Waals surface area contributed by atoms with E-state index < -0.39 is 0 Å². The Morgan fingerprint density at radius 2 is 2.04 bits per heavy atom. The van der Waals surface area contributed by atoms with E-state index in [1.54, 1.807) is 22.3 Å². The summed E-state index contributed by atoms with van der Waals surface area (Å²) >= 11 is 1.68. The van der Waals surface area contributed by atoms with Crippen LogP contribution >= 0.6 is 11.3 Å². The van der Waals surface area contributed by atoms with Gasteiger partial charge in [0.1, 0.15) is 17.7 Å². The van der Waals surface area contributed by atoms with Crippen LogP contribution in [0.3, 0.4) is 0 Å². The van der Waals surface area contributed by atoms with Crippen molar-refractivity contribution in [3.8, 4) is 5.69 Å². The van der Waals surface area contributed by atoms with Gasteiger partial charge in [-0.05, 0) is 30.5 Å². The van der Waals surface area contributed by atoms with Crippen molar-refractivity contribution in [2.75, 3.05) is 6.54 Å². The number of thiazole rings is 1. The minimum absolute atomic E-state index is 0.456. The first-order chi connectivity index (χ1) is 13.2. The van der Waals surface area contributed by atoms with Crippen LogP contribution in [0, 0.1) is 0 Å². The van der Waals surface area contributed by atoms with Crippen molar-refractivity contribution >= 4 is 17.3 Å². The van der Waals surface area contributed by atoms with Crippen LogP contribution in [0.5, 0.6) is 0 Å². The molecule has 3 aromatic rings. The van der Waals surface area contributed by atoms with Crippen LogP contribution in [0.1, 0.15) is 43.0 Å². The third kappa shape index (κ3) is 5.37. The van der Waals surface area contributed by atoms with E-state index in [-0.39, 0.29) is 0 Å². The van der Waals surface area contributed by atoms with Crippen molar-refractivity contribution < 1.29 is 0 Å². The summed E-state index contributed by atoms with van der Waals surface area (Å²) < 4.78 is 1.73. The van der Waals surface area contributed by atoms with E-state index in [9.17, 15) is 0 Å². The standard InChI is InChI=1S/C19H25N7S/c1-4-21-19(23-10-18-25-17(11-27-18)14(2)3)22-9-15-5-7-16(8-6-15)26-13-20-12-24-26/h5-8,11-14H,4,9-10H2,1-3H3,(H2,21,22,23). The van der Waals surface area contributed by atoms with Crippen molar-refractivity contribution in [1.29, 1.82) is 0 Å². The Hall–Kier alpha value is -2.74. The predicted octanol–water partition coefficient (Wildman–Crippen LogP) is 3.10. The second-order valence-corrected chi connectivity index (χ2v) is 7.32. The molecule has 2 N–H and O–H groups in total. The van der Waals surface area contributed by atoms with Gasteiger partial charge in [0.05, 0.1) is 24.5 Å². The zero-order valence-corrected chi connectivity index (χ0v) is 16.7. The van der Waals surface area contributed by atoms with E-state index in [1.807, 2.05) is 12.1 Å². The molecule has 0 saturated heterocycles. The molecule has 1 aromatic carbocycles. The van der Waals surface area contributed by atoms with E-state index >= 15 is 0 Å². The first kappa shape index (κ1) is 19.0. The summed E-state index contributed by atoms with van der Waals surface area (Å²) in [4.78, 5) is 13.3. The lowest BCUT2D eigenvalue weighted by molar-refractivity contribution is 0.788. The Labute approximate surface area is 163 Å². The van der Waals surface area contributed by atoms with E-state index in [4.69, 9.17) is 0 Å². The van der Waals surface area contributed by atoms with Gasteiger partial charge >= 0.3 is 0 Å². The summed E-state index contributed by atoms with van der Waals surface area (Å²) in [5.41, 5.74) is 3.26. The van der Waals surface area contributed by atoms with Crippen LogP contribution in [0.25, 0.3) is 5.69 Å². The maximum atomic E-state index is 4.67. The summed E-state index contributed by atoms with van der Waals surface area (Å²) in [6.07, 6.45) is 3.21. The second kappa shape index (κ2) is 9.27. The number of hydrogen-bond acceptors (Lipinski definition) is 5. The average molecular weight is 384 g/mol. The summed E-state index contributed by atoms with van der Waals surface area (Å²) in [5.74, 6) is 1.25. The third-order valence-electron chi connectivity index (χ3n) is 3.95. The zero-order chi connectivity index (χ0) is 19.1. The largest absolute Gasteiger partial charge is 0.357 e. The van der Waals surface area contributed by atoms with E-state index in [1.165, 1.54) is 6.33 Å². The molecule has 27 heavy (non-hydrogen) atoms. The summed E-state index contributed by atoms with van der Waals surface area (Å²) in [6, 6.07) is 8.14. The van der Waals surface area contributed by atoms with Gasteiger partial charge in [-0.3, -0.25) is 0 Å². The van der Waals surface area contributed by atoms with Crippen LogP contribution in [0.2, 0.25) is 0 Å². The summed E-state index contributed by atoms with van der Waals surface area (Å²) in [5, 5.41) is 14.0. The lowest BCUT2D eigenvalue weighted by Crippen LogP contribution is -2.36. The Morgan fingerprint density at radius 3 is 2.67 bits per heavy atom. The van der Waals surface area contributed by atoms with Gasteiger partial charge in [-0.2, -0.15) is 5.10 Å². The molecule has 0 amide bonds. The monoisotopic (exact) mass is 383 g/mol. The van der Waals surface area contributed by atoms with Crippen molar-refractivity contribution in [3.05, 3.63) is 58.6 Å². The maximum Gasteiger partial charge on any atom is 0.191 e. The highest BCUT2D eigenvalue weighted by Crippen LogP contribution is 2.17. The number of rotatable bonds is 7. The van der Waals surface area contributed by atoms with Gasteiger partial charge in [0.15, 0.2) is 5.96 Å². The molecule has 0 atom stereocenters. The lowest BCUT2D eigenvalue weighted by Gasteiger charge is -2.10. The van der Waals surface area contributed by atoms with Crippen LogP contribution in [0.4, 0.5) is 0 Å². The molecule has 0 aliphatic carbocycles. The Balaban J connectivity index is 1.59. The van der Waals surface area contributed by atoms with Crippen LogP contribution < -0.4 is 10.6 Å². The fourth-order valence-electron chi connectivity index (χ4n) is 2.44. The molecular weight excluding hydrogens is 358 g/mol. The predicted molar refractivity (Wildman–Crippen MR) is 109 cm³/mol. The van der Waals surface area contributed by atoms with Gasteiger partial charge in [0.25, 0.3) is 0 Å². The molecule has 142 valence electrons. The molecule has 0 aliphatic rings. The fourth-order valence-corrected chi connectivity index (χ4v) is 3.33. The SMILES string of the molecule is CCNC(=NCc1ccc(-n2cncn2)cc1)NCc1nc(C(C)C)cs1. The number of hydrogen-bond donors (Lipinski definition) is 2. The van der Waals surface area contributed by atoms with Gasteiger partial charge in [-0.25, -0.2) is 19.6 Å². The Bertz CT molecular complexity index is 851. The highest BCUT2D eigenvalue weighted by Gasteiger charge is 2.06. The topological polar surface area (TPSA) is 80.0 Å². The number of nitrogens with one attached hydrogen (secondary N) is 2. The summed E-state index contributed by atoms with van der Waals surface area (Å²) in [6.45, 7) is 8.46.